The molecule has 3 heterocycles. The summed E-state index contributed by atoms with van der Waals surface area (Å²) in [5, 5.41) is 3.24. The zero-order valence-corrected chi connectivity index (χ0v) is 17.7. The molecule has 3 aliphatic rings. The van der Waals surface area contributed by atoms with Crippen molar-refractivity contribution in [1.29, 1.82) is 0 Å². The van der Waals surface area contributed by atoms with E-state index in [0.717, 1.165) is 55.3 Å². The zero-order valence-electron chi connectivity index (χ0n) is 17.7. The summed E-state index contributed by atoms with van der Waals surface area (Å²) in [6.07, 6.45) is 8.38. The van der Waals surface area contributed by atoms with Crippen LogP contribution in [0.5, 0.6) is 0 Å². The molecule has 0 spiro atoms. The molecule has 1 atom stereocenters. The third-order valence-electron chi connectivity index (χ3n) is 6.84. The molecule has 2 fully saturated rings. The maximum atomic E-state index is 12.8. The molecule has 0 radical (unpaired) electrons. The van der Waals surface area contributed by atoms with E-state index in [0.29, 0.717) is 25.4 Å². The van der Waals surface area contributed by atoms with Crippen LogP contribution in [-0.2, 0) is 22.6 Å². The van der Waals surface area contributed by atoms with E-state index in [2.05, 4.69) is 5.32 Å². The molecule has 0 bridgehead atoms. The minimum Gasteiger partial charge on any atom is -0.373 e. The number of carbonyl (C=O) groups is 2. The Morgan fingerprint density at radius 2 is 1.86 bits per heavy atom. The normalized spacial score (nSPS) is 22.5. The lowest BCUT2D eigenvalue weighted by Crippen LogP contribution is -2.39. The van der Waals surface area contributed by atoms with Crippen molar-refractivity contribution >= 4 is 17.6 Å². The van der Waals surface area contributed by atoms with E-state index in [9.17, 15) is 9.59 Å². The van der Waals surface area contributed by atoms with Gasteiger partial charge in [-0.3, -0.25) is 9.59 Å². The molecule has 1 unspecified atom stereocenters. The van der Waals surface area contributed by atoms with E-state index in [1.807, 2.05) is 16.8 Å². The number of anilines is 1. The predicted molar refractivity (Wildman–Crippen MR) is 112 cm³/mol. The highest BCUT2D eigenvalue weighted by Gasteiger charge is 2.30. The fraction of sp³-hybridized carbons (Fsp3) is 0.727. The second-order valence-electron chi connectivity index (χ2n) is 8.83. The van der Waals surface area contributed by atoms with Crippen LogP contribution in [0.3, 0.4) is 0 Å². The standard InChI is InChI=1S/C22H33N5O2/c1-15(28)26-10-5-8-17(13-26)21-24-19-14-27(11-9-18(19)22(23-2)25-21)20(29)12-16-6-3-4-7-16/h16-17H,3-14H2,1-2H3,(H,23,24,25). The van der Waals surface area contributed by atoms with Crippen molar-refractivity contribution in [3.05, 3.63) is 17.1 Å². The number of likely N-dealkylation sites (tertiary alicyclic amines) is 1. The highest BCUT2D eigenvalue weighted by Crippen LogP contribution is 2.32. The van der Waals surface area contributed by atoms with Gasteiger partial charge < -0.3 is 15.1 Å². The summed E-state index contributed by atoms with van der Waals surface area (Å²) in [4.78, 5) is 38.3. The first-order valence-electron chi connectivity index (χ1n) is 11.2. The highest BCUT2D eigenvalue weighted by molar-refractivity contribution is 5.77. The summed E-state index contributed by atoms with van der Waals surface area (Å²) < 4.78 is 0. The molecule has 0 aromatic carbocycles. The van der Waals surface area contributed by atoms with Crippen LogP contribution in [-0.4, -0.2) is 58.3 Å². The van der Waals surface area contributed by atoms with Gasteiger partial charge in [-0.1, -0.05) is 12.8 Å². The molecular weight excluding hydrogens is 366 g/mol. The van der Waals surface area contributed by atoms with E-state index in [1.165, 1.54) is 25.7 Å². The molecule has 29 heavy (non-hydrogen) atoms. The summed E-state index contributed by atoms with van der Waals surface area (Å²) in [7, 11) is 1.90. The smallest absolute Gasteiger partial charge is 0.223 e. The maximum absolute atomic E-state index is 12.8. The van der Waals surface area contributed by atoms with Crippen LogP contribution in [0, 0.1) is 5.92 Å². The Labute approximate surface area is 173 Å². The first kappa shape index (κ1) is 20.1. The zero-order chi connectivity index (χ0) is 20.4. The highest BCUT2D eigenvalue weighted by atomic mass is 16.2. The van der Waals surface area contributed by atoms with Crippen molar-refractivity contribution in [2.24, 2.45) is 5.92 Å². The van der Waals surface area contributed by atoms with E-state index >= 15 is 0 Å². The first-order valence-corrected chi connectivity index (χ1v) is 11.2. The van der Waals surface area contributed by atoms with Crippen molar-refractivity contribution in [3.63, 3.8) is 0 Å². The Bertz CT molecular complexity index is 775. The van der Waals surface area contributed by atoms with Crippen LogP contribution in [0.25, 0.3) is 0 Å². The van der Waals surface area contributed by atoms with E-state index in [4.69, 9.17) is 9.97 Å². The predicted octanol–water partition coefficient (Wildman–Crippen LogP) is 2.71. The van der Waals surface area contributed by atoms with Gasteiger partial charge in [-0.2, -0.15) is 0 Å². The van der Waals surface area contributed by atoms with Gasteiger partial charge in [0.15, 0.2) is 0 Å². The van der Waals surface area contributed by atoms with Crippen LogP contribution in [0.15, 0.2) is 0 Å². The maximum Gasteiger partial charge on any atom is 0.223 e. The number of nitrogens with one attached hydrogen (secondary N) is 1. The number of aromatic nitrogens is 2. The quantitative estimate of drug-likeness (QED) is 0.842. The van der Waals surface area contributed by atoms with Gasteiger partial charge in [-0.05, 0) is 38.0 Å². The summed E-state index contributed by atoms with van der Waals surface area (Å²) in [5.74, 6) is 2.81. The number of rotatable bonds is 4. The summed E-state index contributed by atoms with van der Waals surface area (Å²) in [6.45, 7) is 4.45. The van der Waals surface area contributed by atoms with Gasteiger partial charge in [0.2, 0.25) is 11.8 Å². The van der Waals surface area contributed by atoms with Gasteiger partial charge in [0.1, 0.15) is 11.6 Å². The van der Waals surface area contributed by atoms with E-state index in [-0.39, 0.29) is 17.7 Å². The second kappa shape index (κ2) is 8.67. The van der Waals surface area contributed by atoms with Crippen LogP contribution in [0.1, 0.15) is 74.9 Å². The van der Waals surface area contributed by atoms with Gasteiger partial charge in [0.25, 0.3) is 0 Å². The number of fused-ring (bicyclic) bond motifs is 1. The van der Waals surface area contributed by atoms with E-state index < -0.39 is 0 Å². The Kier molecular flexibility index (Phi) is 6.01. The summed E-state index contributed by atoms with van der Waals surface area (Å²) in [6, 6.07) is 0. The van der Waals surface area contributed by atoms with Gasteiger partial charge in [0.05, 0.1) is 12.2 Å². The fourth-order valence-corrected chi connectivity index (χ4v) is 5.12. The number of carbonyl (C=O) groups excluding carboxylic acids is 2. The summed E-state index contributed by atoms with van der Waals surface area (Å²) >= 11 is 0. The van der Waals surface area contributed by atoms with Gasteiger partial charge in [-0.15, -0.1) is 0 Å². The molecule has 1 saturated carbocycles. The van der Waals surface area contributed by atoms with Crippen molar-refractivity contribution in [1.82, 2.24) is 19.8 Å². The van der Waals surface area contributed by atoms with Crippen molar-refractivity contribution < 1.29 is 9.59 Å². The average molecular weight is 400 g/mol. The lowest BCUT2D eigenvalue weighted by Gasteiger charge is -2.33. The van der Waals surface area contributed by atoms with Gasteiger partial charge in [-0.25, -0.2) is 9.97 Å². The van der Waals surface area contributed by atoms with Crippen LogP contribution in [0.4, 0.5) is 5.82 Å². The number of hydrogen-bond donors (Lipinski definition) is 1. The molecule has 7 heteroatoms. The number of amides is 2. The number of hydrogen-bond acceptors (Lipinski definition) is 5. The molecule has 1 N–H and O–H groups in total. The SMILES string of the molecule is CNc1nc(C2CCCN(C(C)=O)C2)nc2c1CCN(C(=O)CC1CCCC1)C2. The number of nitrogens with zero attached hydrogens (tertiary/aromatic N) is 4. The average Bonchev–Trinajstić information content (AvgIpc) is 3.25. The Hall–Kier alpha value is -2.18. The molecule has 2 amide bonds. The van der Waals surface area contributed by atoms with Crippen molar-refractivity contribution in [3.8, 4) is 0 Å². The molecule has 1 saturated heterocycles. The minimum atomic E-state index is 0.116. The van der Waals surface area contributed by atoms with E-state index in [1.54, 1.807) is 6.92 Å². The van der Waals surface area contributed by atoms with Crippen LogP contribution >= 0.6 is 0 Å². The largest absolute Gasteiger partial charge is 0.373 e. The third-order valence-corrected chi connectivity index (χ3v) is 6.84. The molecular formula is C22H33N5O2. The number of piperidine rings is 1. The Morgan fingerprint density at radius 3 is 2.59 bits per heavy atom. The molecule has 2 aliphatic heterocycles. The topological polar surface area (TPSA) is 78.4 Å². The molecule has 1 aromatic rings. The molecule has 4 rings (SSSR count). The first-order chi connectivity index (χ1) is 14.0. The Morgan fingerprint density at radius 1 is 1.07 bits per heavy atom. The van der Waals surface area contributed by atoms with Crippen LogP contribution < -0.4 is 5.32 Å². The molecule has 1 aromatic heterocycles. The van der Waals surface area contributed by atoms with Gasteiger partial charge in [0, 0.05) is 51.5 Å². The lowest BCUT2D eigenvalue weighted by molar-refractivity contribution is -0.133. The Balaban J connectivity index is 1.52. The molecule has 7 nitrogen and oxygen atoms in total. The van der Waals surface area contributed by atoms with Crippen LogP contribution in [0.2, 0.25) is 0 Å². The fourth-order valence-electron chi connectivity index (χ4n) is 5.12. The van der Waals surface area contributed by atoms with Crippen molar-refractivity contribution in [2.75, 3.05) is 32.0 Å². The minimum absolute atomic E-state index is 0.116. The monoisotopic (exact) mass is 399 g/mol. The molecule has 1 aliphatic carbocycles. The van der Waals surface area contributed by atoms with Gasteiger partial charge >= 0.3 is 0 Å². The second-order valence-corrected chi connectivity index (χ2v) is 8.83. The third kappa shape index (κ3) is 4.38. The van der Waals surface area contributed by atoms with Crippen molar-refractivity contribution in [2.45, 2.75) is 70.8 Å². The summed E-state index contributed by atoms with van der Waals surface area (Å²) in [5.41, 5.74) is 2.12. The lowest BCUT2D eigenvalue weighted by atomic mass is 9.96. The molecule has 158 valence electrons.